The summed E-state index contributed by atoms with van der Waals surface area (Å²) in [5, 5.41) is 2.67. The molecular formula is C5H7FN5. The summed E-state index contributed by atoms with van der Waals surface area (Å²) in [4.78, 5) is 9.88. The molecule has 0 atom stereocenters. The Bertz CT molecular complexity index is 230. The molecule has 0 unspecified atom stereocenters. The number of hydrogen-bond acceptors (Lipinski definition) is 4. The maximum atomic E-state index is 12.3. The number of nitrogens with one attached hydrogen (secondary N) is 2. The van der Waals surface area contributed by atoms with E-state index in [1.807, 2.05) is 6.92 Å². The first-order valence-corrected chi connectivity index (χ1v) is 3.09. The number of halogens is 1. The number of nitrogens with zero attached hydrogens (tertiary/aromatic N) is 3. The number of hydrogen-bond donors (Lipinski definition) is 1. The molecule has 1 aromatic heterocycles. The van der Waals surface area contributed by atoms with Crippen LogP contribution in [0, 0.1) is 6.08 Å². The van der Waals surface area contributed by atoms with Crippen LogP contribution in [-0.2, 0) is 0 Å². The van der Waals surface area contributed by atoms with Gasteiger partial charge >= 0.3 is 6.08 Å². The Balaban J connectivity index is 2.89. The second-order valence-electron chi connectivity index (χ2n) is 1.78. The van der Waals surface area contributed by atoms with E-state index in [1.54, 1.807) is 0 Å². The molecule has 11 heavy (non-hydrogen) atoms. The van der Waals surface area contributed by atoms with E-state index < -0.39 is 6.08 Å². The van der Waals surface area contributed by atoms with Gasteiger partial charge in [0.1, 0.15) is 0 Å². The first kappa shape index (κ1) is 7.64. The Morgan fingerprint density at radius 1 is 1.45 bits per heavy atom. The molecule has 0 fully saturated rings. The fourth-order valence-electron chi connectivity index (χ4n) is 0.587. The van der Waals surface area contributed by atoms with Crippen LogP contribution in [-0.4, -0.2) is 21.5 Å². The average Bonchev–Trinajstić information content (AvgIpc) is 1.85. The Labute approximate surface area is 62.9 Å². The molecule has 2 N–H and O–H groups in total. The van der Waals surface area contributed by atoms with E-state index in [2.05, 4.69) is 20.3 Å². The largest absolute Gasteiger partial charge is 0.354 e. The fraction of sp³-hybridized carbons (Fsp3) is 0.400. The maximum absolute atomic E-state index is 12.3. The molecule has 6 heteroatoms. The van der Waals surface area contributed by atoms with Gasteiger partial charge in [-0.1, -0.05) is 0 Å². The molecule has 59 valence electrons. The third-order valence-corrected chi connectivity index (χ3v) is 0.943. The zero-order chi connectivity index (χ0) is 8.27. The molecule has 0 bridgehead atoms. The highest BCUT2D eigenvalue weighted by Gasteiger charge is 2.00. The van der Waals surface area contributed by atoms with Gasteiger partial charge in [-0.15, -0.1) is 0 Å². The summed E-state index contributed by atoms with van der Waals surface area (Å²) in [6.07, 6.45) is -0.930. The third-order valence-electron chi connectivity index (χ3n) is 0.943. The molecule has 1 heterocycles. The molecular weight excluding hydrogens is 149 g/mol. The second kappa shape index (κ2) is 3.09. The van der Waals surface area contributed by atoms with Crippen LogP contribution < -0.4 is 11.1 Å². The van der Waals surface area contributed by atoms with Gasteiger partial charge in [0, 0.05) is 6.54 Å². The standard InChI is InChI=1S/C5H7FN5/c1-2-8-5-10-3(6)9-4(7)11-5/h7H,2H2,1H3,(H,8,9,10,11). The lowest BCUT2D eigenvalue weighted by Crippen LogP contribution is -2.05. The minimum absolute atomic E-state index is 0.102. The predicted octanol–water partition coefficient (Wildman–Crippen LogP) is 0.357. The molecule has 0 saturated carbocycles. The highest BCUT2D eigenvalue weighted by Crippen LogP contribution is 2.00. The SMILES string of the molecule is CCNc1nc([NH])nc(F)n1. The van der Waals surface area contributed by atoms with Crippen LogP contribution in [0.1, 0.15) is 6.92 Å². The van der Waals surface area contributed by atoms with Crippen LogP contribution >= 0.6 is 0 Å². The molecule has 0 aliphatic carbocycles. The number of rotatable bonds is 2. The molecule has 0 aromatic carbocycles. The average molecular weight is 156 g/mol. The van der Waals surface area contributed by atoms with Gasteiger partial charge in [0.05, 0.1) is 0 Å². The zero-order valence-electron chi connectivity index (χ0n) is 5.93. The van der Waals surface area contributed by atoms with E-state index in [-0.39, 0.29) is 11.9 Å². The topological polar surface area (TPSA) is 74.5 Å². The van der Waals surface area contributed by atoms with Crippen molar-refractivity contribution in [2.75, 3.05) is 11.9 Å². The van der Waals surface area contributed by atoms with Gasteiger partial charge in [0.2, 0.25) is 11.9 Å². The normalized spacial score (nSPS) is 9.64. The van der Waals surface area contributed by atoms with Gasteiger partial charge in [0.25, 0.3) is 0 Å². The summed E-state index contributed by atoms with van der Waals surface area (Å²) in [7, 11) is 0. The van der Waals surface area contributed by atoms with Gasteiger partial charge in [-0.3, -0.25) is 5.73 Å². The molecule has 0 aliphatic heterocycles. The van der Waals surface area contributed by atoms with Crippen molar-refractivity contribution in [2.45, 2.75) is 6.92 Å². The van der Waals surface area contributed by atoms with Crippen molar-refractivity contribution in [3.63, 3.8) is 0 Å². The van der Waals surface area contributed by atoms with Gasteiger partial charge in [-0.25, -0.2) is 0 Å². The third kappa shape index (κ3) is 1.99. The van der Waals surface area contributed by atoms with Crippen LogP contribution in [0.4, 0.5) is 16.3 Å². The lowest BCUT2D eigenvalue weighted by molar-refractivity contribution is 0.535. The van der Waals surface area contributed by atoms with Gasteiger partial charge in [-0.2, -0.15) is 19.3 Å². The van der Waals surface area contributed by atoms with Crippen LogP contribution in [0.5, 0.6) is 0 Å². The van der Waals surface area contributed by atoms with Crippen molar-refractivity contribution >= 4 is 11.9 Å². The summed E-state index contributed by atoms with van der Waals surface area (Å²) < 4.78 is 12.3. The van der Waals surface area contributed by atoms with Crippen LogP contribution in [0.3, 0.4) is 0 Å². The van der Waals surface area contributed by atoms with Crippen molar-refractivity contribution < 1.29 is 4.39 Å². The van der Waals surface area contributed by atoms with E-state index in [0.717, 1.165) is 0 Å². The summed E-state index contributed by atoms with van der Waals surface area (Å²) >= 11 is 0. The first-order valence-electron chi connectivity index (χ1n) is 3.09. The van der Waals surface area contributed by atoms with Crippen molar-refractivity contribution in [1.82, 2.24) is 20.7 Å². The molecule has 1 radical (unpaired) electrons. The van der Waals surface area contributed by atoms with Crippen molar-refractivity contribution in [3.05, 3.63) is 6.08 Å². The molecule has 1 aromatic rings. The fourth-order valence-corrected chi connectivity index (χ4v) is 0.587. The minimum Gasteiger partial charge on any atom is -0.354 e. The predicted molar refractivity (Wildman–Crippen MR) is 36.7 cm³/mol. The first-order chi connectivity index (χ1) is 5.22. The van der Waals surface area contributed by atoms with E-state index in [0.29, 0.717) is 6.54 Å². The van der Waals surface area contributed by atoms with Gasteiger partial charge in [0.15, 0.2) is 0 Å². The summed E-state index contributed by atoms with van der Waals surface area (Å²) in [5.41, 5.74) is 6.91. The molecule has 0 spiro atoms. The Morgan fingerprint density at radius 2 is 2.18 bits per heavy atom. The number of aromatic nitrogens is 3. The lowest BCUT2D eigenvalue weighted by Gasteiger charge is -1.99. The Hall–Kier alpha value is -1.46. The molecule has 1 rings (SSSR count). The highest BCUT2D eigenvalue weighted by molar-refractivity contribution is 5.26. The molecule has 0 aliphatic rings. The summed E-state index contributed by atoms with van der Waals surface area (Å²) in [6.45, 7) is 2.41. The molecule has 0 saturated heterocycles. The molecule has 5 nitrogen and oxygen atoms in total. The van der Waals surface area contributed by atoms with Crippen molar-refractivity contribution in [3.8, 4) is 0 Å². The van der Waals surface area contributed by atoms with Gasteiger partial charge in [-0.05, 0) is 6.92 Å². The smallest absolute Gasteiger partial charge is 0.315 e. The maximum Gasteiger partial charge on any atom is 0.315 e. The number of anilines is 1. The van der Waals surface area contributed by atoms with E-state index >= 15 is 0 Å². The Kier molecular flexibility index (Phi) is 2.15. The van der Waals surface area contributed by atoms with E-state index in [9.17, 15) is 4.39 Å². The van der Waals surface area contributed by atoms with Crippen molar-refractivity contribution in [2.24, 2.45) is 0 Å². The highest BCUT2D eigenvalue weighted by atomic mass is 19.1. The monoisotopic (exact) mass is 156 g/mol. The summed E-state index contributed by atoms with van der Waals surface area (Å²) in [6, 6.07) is 0. The van der Waals surface area contributed by atoms with E-state index in [1.165, 1.54) is 0 Å². The van der Waals surface area contributed by atoms with Gasteiger partial charge < -0.3 is 5.32 Å². The summed E-state index contributed by atoms with van der Waals surface area (Å²) in [5.74, 6) is -0.265. The minimum atomic E-state index is -0.930. The van der Waals surface area contributed by atoms with E-state index in [4.69, 9.17) is 5.73 Å². The zero-order valence-corrected chi connectivity index (χ0v) is 5.93. The quantitative estimate of drug-likeness (QED) is 0.670. The van der Waals surface area contributed by atoms with Crippen molar-refractivity contribution in [1.29, 1.82) is 0 Å². The van der Waals surface area contributed by atoms with Crippen LogP contribution in [0.25, 0.3) is 0 Å². The van der Waals surface area contributed by atoms with Crippen LogP contribution in [0.2, 0.25) is 0 Å². The molecule has 0 amide bonds. The Morgan fingerprint density at radius 3 is 2.73 bits per heavy atom. The van der Waals surface area contributed by atoms with Crippen LogP contribution in [0.15, 0.2) is 0 Å². The second-order valence-corrected chi connectivity index (χ2v) is 1.78. The lowest BCUT2D eigenvalue weighted by atomic mass is 10.7.